The molecule has 1 aliphatic carbocycles. The molecule has 0 radical (unpaired) electrons. The lowest BCUT2D eigenvalue weighted by Gasteiger charge is -2.42. The number of benzene rings is 2. The van der Waals surface area contributed by atoms with E-state index in [0.717, 1.165) is 0 Å². The average Bonchev–Trinajstić information content (AvgIpc) is 2.90. The second-order valence-electron chi connectivity index (χ2n) is 10.3. The quantitative estimate of drug-likeness (QED) is 0.530. The molecule has 7 nitrogen and oxygen atoms in total. The molecule has 1 N–H and O–H groups in total. The number of carboxylic acid groups (broad SMARTS) is 1. The standard InChI is InChI=1S/C28H32F3N3O4/c1-32(21-9-7-20(29)8-10-21)26(38)33-17-15-27(16-18-33,25(36)37)19-24(35)34(22-5-3-2-4-6-22)23-11-13-28(30,31)14-12-23/h2-10,23H,11-19H2,1H3,(H,36,37). The number of amides is 3. The molecule has 0 unspecified atom stereocenters. The molecule has 10 heteroatoms. The number of rotatable bonds is 6. The Morgan fingerprint density at radius 1 is 0.921 bits per heavy atom. The molecule has 0 spiro atoms. The normalized spacial score (nSPS) is 19.0. The van der Waals surface area contributed by atoms with E-state index in [0.29, 0.717) is 11.4 Å². The third-order valence-electron chi connectivity index (χ3n) is 7.79. The molecule has 0 aromatic heterocycles. The van der Waals surface area contributed by atoms with Crippen LogP contribution in [0.5, 0.6) is 0 Å². The summed E-state index contributed by atoms with van der Waals surface area (Å²) in [6, 6.07) is 13.4. The zero-order chi connectivity index (χ0) is 27.5. The maximum absolute atomic E-state index is 13.8. The molecule has 2 fully saturated rings. The Kier molecular flexibility index (Phi) is 7.99. The molecule has 1 heterocycles. The number of likely N-dealkylation sites (tertiary alicyclic amines) is 1. The van der Waals surface area contributed by atoms with E-state index in [2.05, 4.69) is 0 Å². The van der Waals surface area contributed by atoms with Crippen molar-refractivity contribution < 1.29 is 32.7 Å². The van der Waals surface area contributed by atoms with Gasteiger partial charge in [-0.3, -0.25) is 14.5 Å². The second kappa shape index (κ2) is 11.0. The molecule has 2 aromatic carbocycles. The van der Waals surface area contributed by atoms with E-state index in [4.69, 9.17) is 0 Å². The highest BCUT2D eigenvalue weighted by molar-refractivity contribution is 5.97. The molecule has 1 aliphatic heterocycles. The third-order valence-corrected chi connectivity index (χ3v) is 7.79. The fraction of sp³-hybridized carbons (Fsp3) is 0.464. The summed E-state index contributed by atoms with van der Waals surface area (Å²) in [6.07, 6.45) is -0.532. The van der Waals surface area contributed by atoms with Crippen molar-refractivity contribution >= 4 is 29.3 Å². The number of hydrogen-bond acceptors (Lipinski definition) is 3. The van der Waals surface area contributed by atoms with E-state index in [1.165, 1.54) is 39.0 Å². The first-order chi connectivity index (χ1) is 18.0. The summed E-state index contributed by atoms with van der Waals surface area (Å²) in [5.41, 5.74) is -0.325. The summed E-state index contributed by atoms with van der Waals surface area (Å²) in [5, 5.41) is 10.2. The van der Waals surface area contributed by atoms with Crippen LogP contribution < -0.4 is 9.80 Å². The van der Waals surface area contributed by atoms with Crippen LogP contribution in [-0.2, 0) is 9.59 Å². The number of urea groups is 1. The first-order valence-electron chi connectivity index (χ1n) is 12.8. The van der Waals surface area contributed by atoms with Crippen LogP contribution in [0.1, 0.15) is 44.9 Å². The van der Waals surface area contributed by atoms with E-state index < -0.39 is 35.1 Å². The van der Waals surface area contributed by atoms with Crippen LogP contribution in [0.15, 0.2) is 54.6 Å². The van der Waals surface area contributed by atoms with Gasteiger partial charge in [-0.25, -0.2) is 18.0 Å². The number of carboxylic acids is 1. The summed E-state index contributed by atoms with van der Waals surface area (Å²) < 4.78 is 40.9. The van der Waals surface area contributed by atoms with Gasteiger partial charge in [-0.15, -0.1) is 0 Å². The van der Waals surface area contributed by atoms with Gasteiger partial charge in [-0.05, 0) is 62.1 Å². The number of hydrogen-bond donors (Lipinski definition) is 1. The number of carbonyl (C=O) groups excluding carboxylic acids is 2. The molecular formula is C28H32F3N3O4. The number of carbonyl (C=O) groups is 3. The minimum atomic E-state index is -2.76. The summed E-state index contributed by atoms with van der Waals surface area (Å²) >= 11 is 0. The number of para-hydroxylation sites is 1. The monoisotopic (exact) mass is 531 g/mol. The largest absolute Gasteiger partial charge is 0.481 e. The predicted octanol–water partition coefficient (Wildman–Crippen LogP) is 5.55. The maximum Gasteiger partial charge on any atom is 0.324 e. The highest BCUT2D eigenvalue weighted by Gasteiger charge is 2.47. The maximum atomic E-state index is 13.8. The third kappa shape index (κ3) is 5.95. The molecule has 204 valence electrons. The zero-order valence-electron chi connectivity index (χ0n) is 21.3. The Morgan fingerprint density at radius 3 is 2.05 bits per heavy atom. The highest BCUT2D eigenvalue weighted by atomic mass is 19.3. The Hall–Kier alpha value is -3.56. The molecule has 2 aromatic rings. The lowest BCUT2D eigenvalue weighted by atomic mass is 9.75. The van der Waals surface area contributed by atoms with Gasteiger partial charge < -0.3 is 14.9 Å². The summed E-state index contributed by atoms with van der Waals surface area (Å²) in [4.78, 5) is 43.6. The van der Waals surface area contributed by atoms with Gasteiger partial charge in [0.05, 0.1) is 5.41 Å². The lowest BCUT2D eigenvalue weighted by molar-refractivity contribution is -0.154. The number of aliphatic carboxylic acids is 1. The summed E-state index contributed by atoms with van der Waals surface area (Å²) in [6.45, 7) is 0.260. The van der Waals surface area contributed by atoms with Gasteiger partial charge in [0.1, 0.15) is 5.82 Å². The fourth-order valence-electron chi connectivity index (χ4n) is 5.38. The van der Waals surface area contributed by atoms with Crippen molar-refractivity contribution in [3.63, 3.8) is 0 Å². The van der Waals surface area contributed by atoms with Crippen molar-refractivity contribution in [1.82, 2.24) is 4.90 Å². The van der Waals surface area contributed by atoms with Gasteiger partial charge in [0.2, 0.25) is 11.8 Å². The van der Waals surface area contributed by atoms with Gasteiger partial charge in [0.15, 0.2) is 0 Å². The van der Waals surface area contributed by atoms with Crippen LogP contribution in [0.4, 0.5) is 29.3 Å². The van der Waals surface area contributed by atoms with E-state index in [9.17, 15) is 32.7 Å². The minimum Gasteiger partial charge on any atom is -0.481 e. The van der Waals surface area contributed by atoms with Crippen LogP contribution in [0.3, 0.4) is 0 Å². The van der Waals surface area contributed by atoms with Crippen LogP contribution in [0.25, 0.3) is 0 Å². The Morgan fingerprint density at radius 2 is 1.50 bits per heavy atom. The van der Waals surface area contributed by atoms with Crippen molar-refractivity contribution in [3.05, 3.63) is 60.4 Å². The minimum absolute atomic E-state index is 0.0719. The van der Waals surface area contributed by atoms with Crippen LogP contribution in [-0.4, -0.2) is 60.0 Å². The summed E-state index contributed by atoms with van der Waals surface area (Å²) in [7, 11) is 1.56. The topological polar surface area (TPSA) is 81.2 Å². The van der Waals surface area contributed by atoms with Crippen LogP contribution in [0.2, 0.25) is 0 Å². The average molecular weight is 532 g/mol. The van der Waals surface area contributed by atoms with E-state index >= 15 is 0 Å². The fourth-order valence-corrected chi connectivity index (χ4v) is 5.38. The van der Waals surface area contributed by atoms with Crippen molar-refractivity contribution in [2.75, 3.05) is 29.9 Å². The first-order valence-corrected chi connectivity index (χ1v) is 12.8. The lowest BCUT2D eigenvalue weighted by Crippen LogP contribution is -2.52. The number of alkyl halides is 2. The second-order valence-corrected chi connectivity index (χ2v) is 10.3. The van der Waals surface area contributed by atoms with Crippen LogP contribution in [0, 0.1) is 11.2 Å². The van der Waals surface area contributed by atoms with E-state index in [1.54, 1.807) is 37.4 Å². The molecule has 0 atom stereocenters. The predicted molar refractivity (Wildman–Crippen MR) is 137 cm³/mol. The summed E-state index contributed by atoms with van der Waals surface area (Å²) in [5.74, 6) is -4.72. The smallest absolute Gasteiger partial charge is 0.324 e. The first kappa shape index (κ1) is 27.5. The Bertz CT molecular complexity index is 1140. The van der Waals surface area contributed by atoms with E-state index in [-0.39, 0.29) is 64.1 Å². The van der Waals surface area contributed by atoms with Crippen molar-refractivity contribution in [2.24, 2.45) is 5.41 Å². The number of piperidine rings is 1. The SMILES string of the molecule is CN(C(=O)N1CCC(CC(=O)N(c2ccccc2)C2CCC(F)(F)CC2)(C(=O)O)CC1)c1ccc(F)cc1. The van der Waals surface area contributed by atoms with Gasteiger partial charge in [0.25, 0.3) is 0 Å². The van der Waals surface area contributed by atoms with Gasteiger partial charge in [0, 0.05) is 56.8 Å². The molecule has 38 heavy (non-hydrogen) atoms. The number of halogens is 3. The Balaban J connectivity index is 1.48. The van der Waals surface area contributed by atoms with E-state index in [1.807, 2.05) is 0 Å². The molecular weight excluding hydrogens is 499 g/mol. The molecule has 3 amide bonds. The number of anilines is 2. The number of nitrogens with zero attached hydrogens (tertiary/aromatic N) is 3. The van der Waals surface area contributed by atoms with Gasteiger partial charge in [-0.2, -0.15) is 0 Å². The van der Waals surface area contributed by atoms with Crippen molar-refractivity contribution in [1.29, 1.82) is 0 Å². The van der Waals surface area contributed by atoms with Crippen molar-refractivity contribution in [2.45, 2.75) is 56.9 Å². The van der Waals surface area contributed by atoms with Gasteiger partial charge in [-0.1, -0.05) is 18.2 Å². The van der Waals surface area contributed by atoms with Crippen molar-refractivity contribution in [3.8, 4) is 0 Å². The Labute approximate surface area is 219 Å². The molecule has 2 aliphatic rings. The molecule has 0 bridgehead atoms. The van der Waals surface area contributed by atoms with Gasteiger partial charge >= 0.3 is 12.0 Å². The van der Waals surface area contributed by atoms with Crippen LogP contribution >= 0.6 is 0 Å². The highest BCUT2D eigenvalue weighted by Crippen LogP contribution is 2.40. The zero-order valence-corrected chi connectivity index (χ0v) is 21.3. The molecule has 1 saturated carbocycles. The molecule has 4 rings (SSSR count). The molecule has 1 saturated heterocycles.